The number of nitrogens with zero attached hydrogens (tertiary/aromatic N) is 1. The first kappa shape index (κ1) is 21.7. The number of benzene rings is 2. The molecule has 1 amide bonds. The number of hydrogen-bond donors (Lipinski definition) is 1. The van der Waals surface area contributed by atoms with Crippen LogP contribution < -0.4 is 10.1 Å². The van der Waals surface area contributed by atoms with Crippen molar-refractivity contribution in [1.29, 1.82) is 0 Å². The van der Waals surface area contributed by atoms with Gasteiger partial charge in [-0.1, -0.05) is 48.5 Å². The van der Waals surface area contributed by atoms with Crippen LogP contribution in [0.3, 0.4) is 0 Å². The van der Waals surface area contributed by atoms with Gasteiger partial charge in [0.2, 0.25) is 0 Å². The number of halogens is 1. The maximum Gasteiger partial charge on any atom is 0.263 e. The Bertz CT molecular complexity index is 784. The third-order valence-corrected chi connectivity index (χ3v) is 6.19. The number of carbonyl (C=O) groups is 1. The number of amides is 1. The van der Waals surface area contributed by atoms with Crippen LogP contribution in [0.4, 0.5) is 0 Å². The maximum absolute atomic E-state index is 13.0. The van der Waals surface area contributed by atoms with Gasteiger partial charge in [-0.3, -0.25) is 4.79 Å². The molecule has 2 fully saturated rings. The molecule has 0 aromatic heterocycles. The lowest BCUT2D eigenvalue weighted by atomic mass is 9.92. The number of carbonyl (C=O) groups excluding carboxylic acids is 1. The van der Waals surface area contributed by atoms with Gasteiger partial charge in [0.05, 0.1) is 0 Å². The van der Waals surface area contributed by atoms with E-state index in [4.69, 9.17) is 4.74 Å². The first-order chi connectivity index (χ1) is 13.7. The minimum absolute atomic E-state index is 0. The molecule has 1 N–H and O–H groups in total. The lowest BCUT2D eigenvalue weighted by molar-refractivity contribution is -0.138. The second-order valence-electron chi connectivity index (χ2n) is 8.11. The summed E-state index contributed by atoms with van der Waals surface area (Å²) in [5.41, 5.74) is 2.36. The summed E-state index contributed by atoms with van der Waals surface area (Å²) >= 11 is 0. The fourth-order valence-electron chi connectivity index (χ4n) is 4.52. The SMILES string of the molecule is CC(Oc1ccccc1Cc1ccccc1)C(=O)N1CC[C@@H]2CNC[C@@H]2CC1.Cl. The van der Waals surface area contributed by atoms with Crippen LogP contribution in [0.5, 0.6) is 5.75 Å². The molecule has 2 saturated heterocycles. The molecule has 3 atom stereocenters. The van der Waals surface area contributed by atoms with E-state index in [2.05, 4.69) is 35.6 Å². The van der Waals surface area contributed by atoms with Crippen LogP contribution in [-0.4, -0.2) is 43.1 Å². The molecule has 2 aromatic rings. The molecule has 0 saturated carbocycles. The molecule has 0 spiro atoms. The first-order valence-corrected chi connectivity index (χ1v) is 10.5. The van der Waals surface area contributed by atoms with Crippen molar-refractivity contribution in [1.82, 2.24) is 10.2 Å². The Morgan fingerprint density at radius 1 is 1.03 bits per heavy atom. The highest BCUT2D eigenvalue weighted by molar-refractivity contribution is 5.85. The third kappa shape index (κ3) is 5.31. The van der Waals surface area contributed by atoms with Gasteiger partial charge in [-0.05, 0) is 61.9 Å². The molecule has 5 heteroatoms. The van der Waals surface area contributed by atoms with E-state index < -0.39 is 6.10 Å². The van der Waals surface area contributed by atoms with Gasteiger partial charge in [0.1, 0.15) is 5.75 Å². The predicted molar refractivity (Wildman–Crippen MR) is 119 cm³/mol. The van der Waals surface area contributed by atoms with E-state index in [0.717, 1.165) is 68.6 Å². The Morgan fingerprint density at radius 3 is 2.34 bits per heavy atom. The number of hydrogen-bond acceptors (Lipinski definition) is 3. The zero-order valence-corrected chi connectivity index (χ0v) is 17.9. The van der Waals surface area contributed by atoms with Gasteiger partial charge in [0, 0.05) is 19.5 Å². The van der Waals surface area contributed by atoms with Crippen molar-refractivity contribution in [2.45, 2.75) is 32.3 Å². The van der Waals surface area contributed by atoms with Crippen LogP contribution in [0, 0.1) is 11.8 Å². The Balaban J connectivity index is 0.00000240. The monoisotopic (exact) mass is 414 g/mol. The van der Waals surface area contributed by atoms with Gasteiger partial charge in [-0.25, -0.2) is 0 Å². The minimum Gasteiger partial charge on any atom is -0.481 e. The molecule has 0 bridgehead atoms. The van der Waals surface area contributed by atoms with Crippen molar-refractivity contribution in [2.24, 2.45) is 11.8 Å². The Kier molecular flexibility index (Phi) is 7.57. The van der Waals surface area contributed by atoms with Crippen LogP contribution in [0.15, 0.2) is 54.6 Å². The van der Waals surface area contributed by atoms with Gasteiger partial charge in [0.25, 0.3) is 5.91 Å². The normalized spacial score (nSPS) is 22.2. The van der Waals surface area contributed by atoms with Crippen molar-refractivity contribution < 1.29 is 9.53 Å². The second-order valence-corrected chi connectivity index (χ2v) is 8.11. The number of rotatable bonds is 5. The number of fused-ring (bicyclic) bond motifs is 1. The number of ether oxygens (including phenoxy) is 1. The molecule has 2 heterocycles. The molecule has 1 unspecified atom stereocenters. The van der Waals surface area contributed by atoms with Crippen molar-refractivity contribution in [2.75, 3.05) is 26.2 Å². The van der Waals surface area contributed by atoms with Gasteiger partial charge in [-0.2, -0.15) is 0 Å². The Morgan fingerprint density at radius 2 is 1.66 bits per heavy atom. The summed E-state index contributed by atoms with van der Waals surface area (Å²) in [5, 5.41) is 3.49. The largest absolute Gasteiger partial charge is 0.481 e. The third-order valence-electron chi connectivity index (χ3n) is 6.19. The predicted octanol–water partition coefficient (Wildman–Crippen LogP) is 3.92. The summed E-state index contributed by atoms with van der Waals surface area (Å²) in [5.74, 6) is 2.37. The second kappa shape index (κ2) is 10.1. The van der Waals surface area contributed by atoms with Gasteiger partial charge < -0.3 is 15.0 Å². The molecular weight excluding hydrogens is 384 g/mol. The average molecular weight is 415 g/mol. The summed E-state index contributed by atoms with van der Waals surface area (Å²) in [6.45, 7) is 5.79. The van der Waals surface area contributed by atoms with Crippen LogP contribution >= 0.6 is 12.4 Å². The highest BCUT2D eigenvalue weighted by Gasteiger charge is 2.33. The summed E-state index contributed by atoms with van der Waals surface area (Å²) in [7, 11) is 0. The molecule has 2 aliphatic rings. The van der Waals surface area contributed by atoms with Crippen LogP contribution in [0.1, 0.15) is 30.9 Å². The Labute approximate surface area is 180 Å². The summed E-state index contributed by atoms with van der Waals surface area (Å²) < 4.78 is 6.16. The number of likely N-dealkylation sites (tertiary alicyclic amines) is 1. The molecule has 0 radical (unpaired) electrons. The van der Waals surface area contributed by atoms with E-state index in [0.29, 0.717) is 0 Å². The van der Waals surface area contributed by atoms with Crippen molar-refractivity contribution >= 4 is 18.3 Å². The van der Waals surface area contributed by atoms with Crippen LogP contribution in [-0.2, 0) is 11.2 Å². The van der Waals surface area contributed by atoms with E-state index in [9.17, 15) is 4.79 Å². The van der Waals surface area contributed by atoms with E-state index in [-0.39, 0.29) is 18.3 Å². The summed E-state index contributed by atoms with van der Waals surface area (Å²) in [4.78, 5) is 15.0. The standard InChI is InChI=1S/C24H30N2O2.ClH/c1-18(24(27)26-13-11-21-16-25-17-22(21)12-14-26)28-23-10-6-5-9-20(23)15-19-7-3-2-4-8-19;/h2-10,18,21-22,25H,11-17H2,1H3;1H/t18?,21-,22+;. The summed E-state index contributed by atoms with van der Waals surface area (Å²) in [6.07, 6.45) is 2.53. The quantitative estimate of drug-likeness (QED) is 0.806. The van der Waals surface area contributed by atoms with Gasteiger partial charge in [0.15, 0.2) is 6.10 Å². The fourth-order valence-corrected chi connectivity index (χ4v) is 4.52. The van der Waals surface area contributed by atoms with Crippen molar-refractivity contribution in [3.05, 3.63) is 65.7 Å². The average Bonchev–Trinajstić information content (AvgIpc) is 3.08. The molecule has 4 rings (SSSR count). The van der Waals surface area contributed by atoms with E-state index in [1.165, 1.54) is 5.56 Å². The van der Waals surface area contributed by atoms with Crippen LogP contribution in [0.25, 0.3) is 0 Å². The highest BCUT2D eigenvalue weighted by Crippen LogP contribution is 2.28. The molecule has 29 heavy (non-hydrogen) atoms. The van der Waals surface area contributed by atoms with E-state index in [1.54, 1.807) is 0 Å². The zero-order chi connectivity index (χ0) is 19.3. The number of nitrogens with one attached hydrogen (secondary N) is 1. The maximum atomic E-state index is 13.0. The van der Waals surface area contributed by atoms with Gasteiger partial charge >= 0.3 is 0 Å². The molecule has 2 aliphatic heterocycles. The lowest BCUT2D eigenvalue weighted by Crippen LogP contribution is -2.41. The lowest BCUT2D eigenvalue weighted by Gasteiger charge is -2.25. The highest BCUT2D eigenvalue weighted by atomic mass is 35.5. The fraction of sp³-hybridized carbons (Fsp3) is 0.458. The number of para-hydroxylation sites is 1. The molecule has 156 valence electrons. The topological polar surface area (TPSA) is 41.6 Å². The summed E-state index contributed by atoms with van der Waals surface area (Å²) in [6, 6.07) is 18.4. The minimum atomic E-state index is -0.465. The van der Waals surface area contributed by atoms with Crippen LogP contribution in [0.2, 0.25) is 0 Å². The zero-order valence-electron chi connectivity index (χ0n) is 17.0. The first-order valence-electron chi connectivity index (χ1n) is 10.5. The smallest absolute Gasteiger partial charge is 0.263 e. The van der Waals surface area contributed by atoms with Crippen molar-refractivity contribution in [3.8, 4) is 5.75 Å². The molecule has 2 aromatic carbocycles. The van der Waals surface area contributed by atoms with Gasteiger partial charge in [-0.15, -0.1) is 12.4 Å². The van der Waals surface area contributed by atoms with E-state index in [1.807, 2.05) is 36.1 Å². The molecule has 0 aliphatic carbocycles. The van der Waals surface area contributed by atoms with E-state index >= 15 is 0 Å². The Hall–Kier alpha value is -2.04. The molecule has 4 nitrogen and oxygen atoms in total. The molecular formula is C24H31ClN2O2. The van der Waals surface area contributed by atoms with Crippen molar-refractivity contribution in [3.63, 3.8) is 0 Å².